The largest absolute Gasteiger partial charge is 0.481 e. The summed E-state index contributed by atoms with van der Waals surface area (Å²) in [5.74, 6) is -0.754. The Bertz CT molecular complexity index is 185. The summed E-state index contributed by atoms with van der Waals surface area (Å²) in [5.41, 5.74) is 2.07. The molecule has 4 N–H and O–H groups in total. The summed E-state index contributed by atoms with van der Waals surface area (Å²) >= 11 is 0. The van der Waals surface area contributed by atoms with E-state index in [4.69, 9.17) is 15.3 Å². The molecule has 0 saturated heterocycles. The summed E-state index contributed by atoms with van der Waals surface area (Å²) in [4.78, 5) is 19.3. The summed E-state index contributed by atoms with van der Waals surface area (Å²) in [5, 5.41) is 24.9. The van der Waals surface area contributed by atoms with Crippen molar-refractivity contribution in [3.05, 3.63) is 0 Å². The summed E-state index contributed by atoms with van der Waals surface area (Å²) in [6.45, 7) is 4.23. The van der Waals surface area contributed by atoms with Gasteiger partial charge in [0.25, 0.3) is 0 Å². The Kier molecular flexibility index (Phi) is 18.7. The zero-order valence-electron chi connectivity index (χ0n) is 11.8. The summed E-state index contributed by atoms with van der Waals surface area (Å²) < 4.78 is 0. The van der Waals surface area contributed by atoms with Gasteiger partial charge >= 0.3 is 5.97 Å². The molecule has 0 aromatic rings. The highest BCUT2D eigenvalue weighted by molar-refractivity contribution is 5.69. The van der Waals surface area contributed by atoms with Crippen LogP contribution < -0.4 is 5.64 Å². The number of carboxylic acids is 1. The molecule has 0 aliphatic carbocycles. The normalized spacial score (nSPS) is 11.6. The molecular formula is C12H27NO6. The van der Waals surface area contributed by atoms with Gasteiger partial charge in [-0.15, -0.1) is 0 Å². The van der Waals surface area contributed by atoms with Crippen molar-refractivity contribution in [1.29, 1.82) is 0 Å². The van der Waals surface area contributed by atoms with Crippen LogP contribution in [0.25, 0.3) is 0 Å². The lowest BCUT2D eigenvalue weighted by atomic mass is 10.00. The fourth-order valence-corrected chi connectivity index (χ4v) is 1.17. The number of aliphatic carboxylic acids is 1. The molecule has 0 fully saturated rings. The Hall–Kier alpha value is -0.730. The van der Waals surface area contributed by atoms with Crippen LogP contribution in [-0.2, 0) is 14.5 Å². The van der Waals surface area contributed by atoms with Gasteiger partial charge < -0.3 is 15.3 Å². The third kappa shape index (κ3) is 17.3. The van der Waals surface area contributed by atoms with E-state index in [1.54, 1.807) is 0 Å². The van der Waals surface area contributed by atoms with Crippen molar-refractivity contribution in [1.82, 2.24) is 5.64 Å². The SMILES string of the molecule is CCCCC(CC)C(=O)O.OCCONOCCO. The smallest absolute Gasteiger partial charge is 0.306 e. The highest BCUT2D eigenvalue weighted by atomic mass is 16.9. The number of nitrogens with one attached hydrogen (secondary N) is 1. The van der Waals surface area contributed by atoms with Crippen LogP contribution in [0.3, 0.4) is 0 Å². The fourth-order valence-electron chi connectivity index (χ4n) is 1.17. The molecule has 0 radical (unpaired) electrons. The van der Waals surface area contributed by atoms with Gasteiger partial charge in [0.1, 0.15) is 0 Å². The highest BCUT2D eigenvalue weighted by Gasteiger charge is 2.12. The molecule has 0 amide bonds. The number of hydrogen-bond acceptors (Lipinski definition) is 6. The van der Waals surface area contributed by atoms with E-state index < -0.39 is 5.97 Å². The number of carboxylic acid groups (broad SMARTS) is 1. The van der Waals surface area contributed by atoms with E-state index in [1.165, 1.54) is 0 Å². The molecule has 0 aliphatic rings. The van der Waals surface area contributed by atoms with Crippen molar-refractivity contribution in [3.63, 3.8) is 0 Å². The Morgan fingerprint density at radius 1 is 1.16 bits per heavy atom. The van der Waals surface area contributed by atoms with E-state index in [-0.39, 0.29) is 32.3 Å². The Labute approximate surface area is 114 Å². The molecule has 0 heterocycles. The third-order valence-corrected chi connectivity index (χ3v) is 2.25. The number of rotatable bonds is 11. The quantitative estimate of drug-likeness (QED) is 0.326. The Morgan fingerprint density at radius 2 is 1.68 bits per heavy atom. The second-order valence-corrected chi connectivity index (χ2v) is 3.81. The predicted molar refractivity (Wildman–Crippen MR) is 70.2 cm³/mol. The number of aliphatic hydroxyl groups excluding tert-OH is 2. The average molecular weight is 281 g/mol. The average Bonchev–Trinajstić information content (AvgIpc) is 2.40. The minimum absolute atomic E-state index is 0.0600. The van der Waals surface area contributed by atoms with Crippen LogP contribution in [0.2, 0.25) is 0 Å². The van der Waals surface area contributed by atoms with E-state index in [1.807, 2.05) is 6.92 Å². The van der Waals surface area contributed by atoms with Gasteiger partial charge in [-0.2, -0.15) is 0 Å². The number of aliphatic hydroxyl groups is 2. The molecule has 19 heavy (non-hydrogen) atoms. The standard InChI is InChI=1S/C8H16O2.C4H11NO4/c1-3-5-6-7(4-2)8(9)10;6-1-3-8-5-9-4-2-7/h7H,3-6H2,1-2H3,(H,9,10);5-7H,1-4H2. The van der Waals surface area contributed by atoms with Crippen LogP contribution in [0.5, 0.6) is 0 Å². The molecule has 0 aliphatic heterocycles. The second-order valence-electron chi connectivity index (χ2n) is 3.81. The zero-order valence-corrected chi connectivity index (χ0v) is 11.8. The van der Waals surface area contributed by atoms with Crippen LogP contribution in [0.1, 0.15) is 39.5 Å². The number of hydrogen-bond donors (Lipinski definition) is 4. The van der Waals surface area contributed by atoms with Crippen LogP contribution in [0.15, 0.2) is 0 Å². The molecule has 0 bridgehead atoms. The lowest BCUT2D eigenvalue weighted by molar-refractivity contribution is -0.178. The van der Waals surface area contributed by atoms with Gasteiger partial charge in [-0.25, -0.2) is 0 Å². The van der Waals surface area contributed by atoms with Crippen molar-refractivity contribution in [3.8, 4) is 0 Å². The van der Waals surface area contributed by atoms with Gasteiger partial charge in [-0.05, 0) is 12.8 Å². The van der Waals surface area contributed by atoms with E-state index in [0.717, 1.165) is 25.7 Å². The van der Waals surface area contributed by atoms with Crippen molar-refractivity contribution in [2.24, 2.45) is 5.92 Å². The van der Waals surface area contributed by atoms with Gasteiger partial charge in [0.2, 0.25) is 0 Å². The van der Waals surface area contributed by atoms with Crippen molar-refractivity contribution in [2.45, 2.75) is 39.5 Å². The van der Waals surface area contributed by atoms with E-state index >= 15 is 0 Å². The minimum atomic E-state index is -0.643. The first-order valence-electron chi connectivity index (χ1n) is 6.57. The first-order valence-corrected chi connectivity index (χ1v) is 6.57. The molecule has 7 heteroatoms. The lowest BCUT2D eigenvalue weighted by Crippen LogP contribution is -2.19. The van der Waals surface area contributed by atoms with Crippen molar-refractivity contribution < 1.29 is 29.8 Å². The second kappa shape index (κ2) is 17.3. The maximum absolute atomic E-state index is 10.4. The fraction of sp³-hybridized carbons (Fsp3) is 0.917. The van der Waals surface area contributed by atoms with Gasteiger partial charge in [0.05, 0.1) is 32.3 Å². The maximum Gasteiger partial charge on any atom is 0.306 e. The summed E-state index contributed by atoms with van der Waals surface area (Å²) in [6, 6.07) is 0. The first-order chi connectivity index (χ1) is 9.13. The van der Waals surface area contributed by atoms with E-state index in [0.29, 0.717) is 0 Å². The van der Waals surface area contributed by atoms with Crippen LogP contribution in [-0.4, -0.2) is 47.7 Å². The third-order valence-electron chi connectivity index (χ3n) is 2.25. The van der Waals surface area contributed by atoms with E-state index in [9.17, 15) is 4.79 Å². The number of unbranched alkanes of at least 4 members (excludes halogenated alkanes) is 1. The monoisotopic (exact) mass is 281 g/mol. The molecule has 0 rings (SSSR count). The molecule has 0 saturated carbocycles. The van der Waals surface area contributed by atoms with E-state index in [2.05, 4.69) is 22.2 Å². The molecule has 0 aromatic carbocycles. The highest BCUT2D eigenvalue weighted by Crippen LogP contribution is 2.11. The molecule has 0 spiro atoms. The molecular weight excluding hydrogens is 254 g/mol. The van der Waals surface area contributed by atoms with Crippen molar-refractivity contribution >= 4 is 5.97 Å². The summed E-state index contributed by atoms with van der Waals surface area (Å²) in [6.07, 6.45) is 3.71. The minimum Gasteiger partial charge on any atom is -0.481 e. The van der Waals surface area contributed by atoms with Gasteiger partial charge in [-0.1, -0.05) is 32.3 Å². The lowest BCUT2D eigenvalue weighted by Gasteiger charge is -2.06. The Balaban J connectivity index is 0. The molecule has 0 aromatic heterocycles. The number of carbonyl (C=O) groups is 1. The van der Waals surface area contributed by atoms with Crippen LogP contribution in [0, 0.1) is 5.92 Å². The molecule has 1 unspecified atom stereocenters. The molecule has 1 atom stereocenters. The predicted octanol–water partition coefficient (Wildman–Crippen LogP) is 0.711. The molecule has 116 valence electrons. The maximum atomic E-state index is 10.4. The van der Waals surface area contributed by atoms with Gasteiger partial charge in [-0.3, -0.25) is 14.5 Å². The van der Waals surface area contributed by atoms with Crippen molar-refractivity contribution in [2.75, 3.05) is 26.4 Å². The van der Waals surface area contributed by atoms with Gasteiger partial charge in [0, 0.05) is 0 Å². The Morgan fingerprint density at radius 3 is 2.00 bits per heavy atom. The van der Waals surface area contributed by atoms with Crippen LogP contribution >= 0.6 is 0 Å². The molecule has 7 nitrogen and oxygen atoms in total. The van der Waals surface area contributed by atoms with Crippen LogP contribution in [0.4, 0.5) is 0 Å². The first kappa shape index (κ1) is 20.6. The topological polar surface area (TPSA) is 108 Å². The summed E-state index contributed by atoms with van der Waals surface area (Å²) in [7, 11) is 0. The zero-order chi connectivity index (χ0) is 14.9. The van der Waals surface area contributed by atoms with Gasteiger partial charge in [0.15, 0.2) is 0 Å².